The maximum Gasteiger partial charge on any atom is 0.326 e. The molecule has 26 heavy (non-hydrogen) atoms. The molecule has 5 nitrogen and oxygen atoms in total. The number of piperidine rings is 1. The maximum absolute atomic E-state index is 11.8. The van der Waals surface area contributed by atoms with E-state index in [1.54, 1.807) is 4.90 Å². The number of carboxylic acids is 1. The molecule has 0 aliphatic carbocycles. The van der Waals surface area contributed by atoms with E-state index in [4.69, 9.17) is 0 Å². The summed E-state index contributed by atoms with van der Waals surface area (Å²) in [6, 6.07) is 8.21. The van der Waals surface area contributed by atoms with Crippen LogP contribution in [0.15, 0.2) is 24.3 Å². The van der Waals surface area contributed by atoms with E-state index < -0.39 is 12.0 Å². The van der Waals surface area contributed by atoms with E-state index in [0.717, 1.165) is 32.5 Å². The summed E-state index contributed by atoms with van der Waals surface area (Å²) in [6.07, 6.45) is 2.52. The van der Waals surface area contributed by atoms with Gasteiger partial charge in [0.1, 0.15) is 6.04 Å². The van der Waals surface area contributed by atoms with Crippen LogP contribution < -0.4 is 0 Å². The van der Waals surface area contributed by atoms with Crippen molar-refractivity contribution in [3.8, 4) is 0 Å². The molecule has 0 saturated carbocycles. The molecular weight excluding hydrogens is 328 g/mol. The number of hydrogen-bond donors (Lipinski definition) is 1. The third-order valence-electron chi connectivity index (χ3n) is 6.17. The van der Waals surface area contributed by atoms with Crippen LogP contribution in [0.25, 0.3) is 0 Å². The average molecular weight is 358 g/mol. The quantitative estimate of drug-likeness (QED) is 0.898. The summed E-state index contributed by atoms with van der Waals surface area (Å²) in [5.41, 5.74) is 2.67. The van der Waals surface area contributed by atoms with Gasteiger partial charge in [0.25, 0.3) is 0 Å². The van der Waals surface area contributed by atoms with Gasteiger partial charge in [-0.25, -0.2) is 4.79 Å². The first-order valence-corrected chi connectivity index (χ1v) is 9.61. The smallest absolute Gasteiger partial charge is 0.326 e. The van der Waals surface area contributed by atoms with E-state index in [2.05, 4.69) is 43.0 Å². The van der Waals surface area contributed by atoms with Crippen LogP contribution in [-0.2, 0) is 16.1 Å². The van der Waals surface area contributed by atoms with Crippen molar-refractivity contribution in [3.63, 3.8) is 0 Å². The Morgan fingerprint density at radius 1 is 1.19 bits per heavy atom. The fourth-order valence-corrected chi connectivity index (χ4v) is 4.42. The summed E-state index contributed by atoms with van der Waals surface area (Å²) in [5.74, 6) is -0.445. The fraction of sp³-hybridized carbons (Fsp3) is 0.619. The molecule has 2 fully saturated rings. The molecule has 2 saturated heterocycles. The molecule has 1 atom stereocenters. The molecule has 0 radical (unpaired) electrons. The Kier molecular flexibility index (Phi) is 5.37. The molecule has 5 heteroatoms. The SMILES string of the molecule is CC(=O)N1CC2(CCN(Cc3ccc(C(C)C)cc3)CC2)CC1C(=O)O. The summed E-state index contributed by atoms with van der Waals surface area (Å²) >= 11 is 0. The van der Waals surface area contributed by atoms with Crippen LogP contribution in [0.3, 0.4) is 0 Å². The van der Waals surface area contributed by atoms with Crippen LogP contribution in [0, 0.1) is 5.41 Å². The minimum Gasteiger partial charge on any atom is -0.480 e. The highest BCUT2D eigenvalue weighted by atomic mass is 16.4. The van der Waals surface area contributed by atoms with Gasteiger partial charge in [0.2, 0.25) is 5.91 Å². The van der Waals surface area contributed by atoms with Crippen molar-refractivity contribution < 1.29 is 14.7 Å². The van der Waals surface area contributed by atoms with Gasteiger partial charge in [0, 0.05) is 20.0 Å². The summed E-state index contributed by atoms with van der Waals surface area (Å²) in [6.45, 7) is 9.34. The van der Waals surface area contributed by atoms with E-state index in [-0.39, 0.29) is 11.3 Å². The van der Waals surface area contributed by atoms with Crippen LogP contribution in [0.5, 0.6) is 0 Å². The molecule has 0 bridgehead atoms. The van der Waals surface area contributed by atoms with Crippen LogP contribution >= 0.6 is 0 Å². The molecule has 1 aromatic carbocycles. The van der Waals surface area contributed by atoms with E-state index in [9.17, 15) is 14.7 Å². The van der Waals surface area contributed by atoms with Crippen molar-refractivity contribution in [1.82, 2.24) is 9.80 Å². The number of nitrogens with zero attached hydrogens (tertiary/aromatic N) is 2. The summed E-state index contributed by atoms with van der Waals surface area (Å²) in [5, 5.41) is 9.45. The van der Waals surface area contributed by atoms with Gasteiger partial charge in [-0.2, -0.15) is 0 Å². The number of rotatable bonds is 4. The van der Waals surface area contributed by atoms with Gasteiger partial charge in [-0.05, 0) is 54.8 Å². The summed E-state index contributed by atoms with van der Waals surface area (Å²) in [7, 11) is 0. The minimum absolute atomic E-state index is 0.0211. The number of carboxylic acid groups (broad SMARTS) is 1. The third kappa shape index (κ3) is 3.93. The van der Waals surface area contributed by atoms with Crippen LogP contribution in [-0.4, -0.2) is 52.5 Å². The van der Waals surface area contributed by atoms with Gasteiger partial charge in [0.15, 0.2) is 0 Å². The third-order valence-corrected chi connectivity index (χ3v) is 6.17. The zero-order valence-corrected chi connectivity index (χ0v) is 16.1. The van der Waals surface area contributed by atoms with Gasteiger partial charge >= 0.3 is 5.97 Å². The van der Waals surface area contributed by atoms with Crippen molar-refractivity contribution in [2.45, 2.75) is 58.5 Å². The van der Waals surface area contributed by atoms with Crippen molar-refractivity contribution in [1.29, 1.82) is 0 Å². The molecule has 2 heterocycles. The zero-order chi connectivity index (χ0) is 18.9. The standard InChI is InChI=1S/C21H30N2O3/c1-15(2)18-6-4-17(5-7-18)13-22-10-8-21(9-11-22)12-19(20(25)26)23(14-21)16(3)24/h4-7,15,19H,8-14H2,1-3H3,(H,25,26). The lowest BCUT2D eigenvalue weighted by atomic mass is 9.76. The lowest BCUT2D eigenvalue weighted by molar-refractivity contribution is -0.147. The first-order valence-electron chi connectivity index (χ1n) is 9.61. The number of amides is 1. The van der Waals surface area contributed by atoms with Crippen molar-refractivity contribution >= 4 is 11.9 Å². The monoisotopic (exact) mass is 358 g/mol. The highest BCUT2D eigenvalue weighted by Gasteiger charge is 2.48. The molecule has 1 N–H and O–H groups in total. The molecule has 2 aliphatic rings. The lowest BCUT2D eigenvalue weighted by Crippen LogP contribution is -2.42. The number of carbonyl (C=O) groups is 2. The second-order valence-electron chi connectivity index (χ2n) is 8.38. The molecule has 1 aromatic rings. The van der Waals surface area contributed by atoms with Crippen LogP contribution in [0.1, 0.15) is 57.1 Å². The average Bonchev–Trinajstić information content (AvgIpc) is 2.98. The highest BCUT2D eigenvalue weighted by Crippen LogP contribution is 2.43. The van der Waals surface area contributed by atoms with E-state index in [1.165, 1.54) is 18.1 Å². The normalized spacial score (nSPS) is 22.9. The largest absolute Gasteiger partial charge is 0.480 e. The predicted octanol–water partition coefficient (Wildman–Crippen LogP) is 3.10. The number of benzene rings is 1. The van der Waals surface area contributed by atoms with Crippen molar-refractivity contribution in [2.24, 2.45) is 5.41 Å². The first-order chi connectivity index (χ1) is 12.3. The van der Waals surface area contributed by atoms with Crippen LogP contribution in [0.2, 0.25) is 0 Å². The fourth-order valence-electron chi connectivity index (χ4n) is 4.42. The molecular formula is C21H30N2O3. The van der Waals surface area contributed by atoms with Gasteiger partial charge in [-0.15, -0.1) is 0 Å². The Balaban J connectivity index is 1.59. The van der Waals surface area contributed by atoms with E-state index in [1.807, 2.05) is 0 Å². The van der Waals surface area contributed by atoms with Gasteiger partial charge < -0.3 is 10.0 Å². The van der Waals surface area contributed by atoms with E-state index >= 15 is 0 Å². The Bertz CT molecular complexity index is 636. The molecule has 3 rings (SSSR count). The lowest BCUT2D eigenvalue weighted by Gasteiger charge is -2.39. The molecule has 142 valence electrons. The van der Waals surface area contributed by atoms with Crippen molar-refractivity contribution in [3.05, 3.63) is 35.4 Å². The van der Waals surface area contributed by atoms with Gasteiger partial charge in [-0.1, -0.05) is 38.1 Å². The summed E-state index contributed by atoms with van der Waals surface area (Å²) < 4.78 is 0. The van der Waals surface area contributed by atoms with Gasteiger partial charge in [0.05, 0.1) is 0 Å². The molecule has 0 aromatic heterocycles. The molecule has 1 unspecified atom stereocenters. The number of carbonyl (C=O) groups excluding carboxylic acids is 1. The first kappa shape index (κ1) is 18.9. The Hall–Kier alpha value is -1.88. The molecule has 1 amide bonds. The molecule has 2 aliphatic heterocycles. The number of likely N-dealkylation sites (tertiary alicyclic amines) is 2. The minimum atomic E-state index is -0.871. The Morgan fingerprint density at radius 2 is 1.81 bits per heavy atom. The topological polar surface area (TPSA) is 60.9 Å². The number of aliphatic carboxylic acids is 1. The zero-order valence-electron chi connectivity index (χ0n) is 16.1. The van der Waals surface area contributed by atoms with Crippen LogP contribution in [0.4, 0.5) is 0 Å². The second-order valence-corrected chi connectivity index (χ2v) is 8.38. The predicted molar refractivity (Wildman–Crippen MR) is 101 cm³/mol. The Labute approximate surface area is 156 Å². The number of hydrogen-bond acceptors (Lipinski definition) is 3. The second kappa shape index (κ2) is 7.39. The van der Waals surface area contributed by atoms with Gasteiger partial charge in [-0.3, -0.25) is 9.69 Å². The molecule has 1 spiro atoms. The Morgan fingerprint density at radius 3 is 2.27 bits per heavy atom. The van der Waals surface area contributed by atoms with E-state index in [0.29, 0.717) is 18.9 Å². The van der Waals surface area contributed by atoms with Crippen molar-refractivity contribution in [2.75, 3.05) is 19.6 Å². The highest BCUT2D eigenvalue weighted by molar-refractivity contribution is 5.83. The summed E-state index contributed by atoms with van der Waals surface area (Å²) in [4.78, 5) is 27.3. The maximum atomic E-state index is 11.8.